The Hall–Kier alpha value is -0.0800. The minimum absolute atomic E-state index is 0.310. The molecule has 0 aromatic carbocycles. The van der Waals surface area contributed by atoms with Crippen molar-refractivity contribution in [2.75, 3.05) is 6.54 Å². The first kappa shape index (κ1) is 8.52. The van der Waals surface area contributed by atoms with E-state index in [1.807, 2.05) is 0 Å². The van der Waals surface area contributed by atoms with Gasteiger partial charge in [-0.2, -0.15) is 0 Å². The van der Waals surface area contributed by atoms with E-state index in [2.05, 4.69) is 12.2 Å². The number of hydrogen-bond acceptors (Lipinski definition) is 2. The third-order valence-corrected chi connectivity index (χ3v) is 2.94. The van der Waals surface area contributed by atoms with Crippen LogP contribution in [0.15, 0.2) is 0 Å². The van der Waals surface area contributed by atoms with Crippen LogP contribution in [-0.2, 0) is 0 Å². The molecule has 70 valence electrons. The van der Waals surface area contributed by atoms with Crippen LogP contribution >= 0.6 is 0 Å². The Morgan fingerprint density at radius 2 is 1.75 bits per heavy atom. The number of nitrogens with two attached hydrogens (primary N) is 1. The molecule has 0 amide bonds. The highest BCUT2D eigenvalue weighted by Gasteiger charge is 2.40. The van der Waals surface area contributed by atoms with Gasteiger partial charge in [-0.25, -0.2) is 0 Å². The fourth-order valence-corrected chi connectivity index (χ4v) is 1.95. The molecule has 0 spiro atoms. The summed E-state index contributed by atoms with van der Waals surface area (Å²) in [4.78, 5) is 0. The Labute approximate surface area is 74.9 Å². The summed E-state index contributed by atoms with van der Waals surface area (Å²) in [6.07, 6.45) is 5.81. The summed E-state index contributed by atoms with van der Waals surface area (Å²) >= 11 is 0. The molecule has 0 heterocycles. The molecule has 0 aromatic rings. The Bertz CT molecular complexity index is 136. The molecule has 0 aliphatic heterocycles. The summed E-state index contributed by atoms with van der Waals surface area (Å²) < 4.78 is 0. The van der Waals surface area contributed by atoms with E-state index in [-0.39, 0.29) is 0 Å². The zero-order valence-electron chi connectivity index (χ0n) is 7.92. The van der Waals surface area contributed by atoms with Gasteiger partial charge < -0.3 is 11.1 Å². The molecule has 2 rings (SSSR count). The fourth-order valence-electron chi connectivity index (χ4n) is 1.95. The third kappa shape index (κ3) is 2.20. The quantitative estimate of drug-likeness (QED) is 0.645. The van der Waals surface area contributed by atoms with Crippen LogP contribution in [0.3, 0.4) is 0 Å². The largest absolute Gasteiger partial charge is 0.327 e. The molecule has 1 unspecified atom stereocenters. The first-order valence-electron chi connectivity index (χ1n) is 5.26. The van der Waals surface area contributed by atoms with Crippen LogP contribution in [0.25, 0.3) is 0 Å². The van der Waals surface area contributed by atoms with Crippen molar-refractivity contribution in [3.8, 4) is 0 Å². The van der Waals surface area contributed by atoms with E-state index in [4.69, 9.17) is 5.73 Å². The molecule has 0 aromatic heterocycles. The van der Waals surface area contributed by atoms with Gasteiger partial charge in [-0.1, -0.05) is 0 Å². The van der Waals surface area contributed by atoms with Crippen LogP contribution in [0.2, 0.25) is 0 Å². The van der Waals surface area contributed by atoms with E-state index in [1.165, 1.54) is 25.7 Å². The second kappa shape index (κ2) is 3.35. The smallest absolute Gasteiger partial charge is 0.0136 e. The zero-order chi connectivity index (χ0) is 8.55. The average Bonchev–Trinajstić information content (AvgIpc) is 2.83. The maximum atomic E-state index is 5.72. The highest BCUT2D eigenvalue weighted by Crippen LogP contribution is 2.44. The summed E-state index contributed by atoms with van der Waals surface area (Å²) in [5.74, 6) is 1.99. The van der Waals surface area contributed by atoms with Crippen molar-refractivity contribution >= 4 is 0 Å². The van der Waals surface area contributed by atoms with Gasteiger partial charge in [0.2, 0.25) is 0 Å². The SMILES string of the molecule is CC(N)CNC(C1CC1)C1CC1. The lowest BCUT2D eigenvalue weighted by Gasteiger charge is -2.18. The van der Waals surface area contributed by atoms with Gasteiger partial charge in [0.1, 0.15) is 0 Å². The minimum Gasteiger partial charge on any atom is -0.327 e. The zero-order valence-corrected chi connectivity index (χ0v) is 7.92. The average molecular weight is 168 g/mol. The lowest BCUT2D eigenvalue weighted by molar-refractivity contribution is 0.406. The predicted molar refractivity (Wildman–Crippen MR) is 50.9 cm³/mol. The van der Waals surface area contributed by atoms with Crippen LogP contribution in [0.5, 0.6) is 0 Å². The van der Waals surface area contributed by atoms with E-state index in [9.17, 15) is 0 Å². The van der Waals surface area contributed by atoms with Crippen molar-refractivity contribution in [3.63, 3.8) is 0 Å². The lowest BCUT2D eigenvalue weighted by Crippen LogP contribution is -2.40. The van der Waals surface area contributed by atoms with E-state index in [1.54, 1.807) is 0 Å². The highest BCUT2D eigenvalue weighted by atomic mass is 15.0. The van der Waals surface area contributed by atoms with Gasteiger partial charge in [-0.15, -0.1) is 0 Å². The highest BCUT2D eigenvalue weighted by molar-refractivity contribution is 4.96. The van der Waals surface area contributed by atoms with E-state index >= 15 is 0 Å². The normalized spacial score (nSPS) is 26.2. The van der Waals surface area contributed by atoms with Gasteiger partial charge in [0, 0.05) is 18.6 Å². The number of nitrogens with one attached hydrogen (secondary N) is 1. The molecule has 1 atom stereocenters. The molecule has 2 fully saturated rings. The summed E-state index contributed by atoms with van der Waals surface area (Å²) in [5, 5.41) is 3.62. The van der Waals surface area contributed by atoms with Gasteiger partial charge >= 0.3 is 0 Å². The van der Waals surface area contributed by atoms with E-state index in [0.29, 0.717) is 6.04 Å². The molecule has 12 heavy (non-hydrogen) atoms. The van der Waals surface area contributed by atoms with Crippen molar-refractivity contribution in [2.45, 2.75) is 44.7 Å². The van der Waals surface area contributed by atoms with Crippen LogP contribution in [0.4, 0.5) is 0 Å². The van der Waals surface area contributed by atoms with Crippen LogP contribution in [0.1, 0.15) is 32.6 Å². The topological polar surface area (TPSA) is 38.0 Å². The lowest BCUT2D eigenvalue weighted by atomic mass is 10.1. The minimum atomic E-state index is 0.310. The van der Waals surface area contributed by atoms with Crippen LogP contribution in [0, 0.1) is 11.8 Å². The summed E-state index contributed by atoms with van der Waals surface area (Å²) in [7, 11) is 0. The molecule has 2 nitrogen and oxygen atoms in total. The van der Waals surface area contributed by atoms with Gasteiger partial charge in [0.15, 0.2) is 0 Å². The van der Waals surface area contributed by atoms with Crippen LogP contribution < -0.4 is 11.1 Å². The molecular weight excluding hydrogens is 148 g/mol. The standard InChI is InChI=1S/C10H20N2/c1-7(11)6-12-10(8-2-3-8)9-4-5-9/h7-10,12H,2-6,11H2,1H3. The molecule has 2 heteroatoms. The summed E-state index contributed by atoms with van der Waals surface area (Å²) in [6.45, 7) is 3.07. The van der Waals surface area contributed by atoms with Gasteiger partial charge in [0.05, 0.1) is 0 Å². The monoisotopic (exact) mass is 168 g/mol. The summed E-state index contributed by atoms with van der Waals surface area (Å²) in [6, 6.07) is 1.13. The van der Waals surface area contributed by atoms with Crippen molar-refractivity contribution in [1.29, 1.82) is 0 Å². The molecule has 2 aliphatic carbocycles. The molecular formula is C10H20N2. The Kier molecular flexibility index (Phi) is 2.37. The van der Waals surface area contributed by atoms with E-state index in [0.717, 1.165) is 24.4 Å². The Morgan fingerprint density at radius 3 is 2.08 bits per heavy atom. The molecule has 2 aliphatic rings. The van der Waals surface area contributed by atoms with Gasteiger partial charge in [-0.05, 0) is 44.4 Å². The van der Waals surface area contributed by atoms with Crippen molar-refractivity contribution < 1.29 is 0 Å². The maximum Gasteiger partial charge on any atom is 0.0136 e. The molecule has 2 saturated carbocycles. The second-order valence-electron chi connectivity index (χ2n) is 4.59. The van der Waals surface area contributed by atoms with Gasteiger partial charge in [-0.3, -0.25) is 0 Å². The third-order valence-electron chi connectivity index (χ3n) is 2.94. The second-order valence-corrected chi connectivity index (χ2v) is 4.59. The predicted octanol–water partition coefficient (Wildman–Crippen LogP) is 1.11. The Balaban J connectivity index is 1.73. The maximum absolute atomic E-state index is 5.72. The molecule has 0 saturated heterocycles. The first-order chi connectivity index (χ1) is 5.77. The van der Waals surface area contributed by atoms with Crippen LogP contribution in [-0.4, -0.2) is 18.6 Å². The first-order valence-corrected chi connectivity index (χ1v) is 5.26. The molecule has 0 radical (unpaired) electrons. The molecule has 3 N–H and O–H groups in total. The number of rotatable bonds is 5. The van der Waals surface area contributed by atoms with Gasteiger partial charge in [0.25, 0.3) is 0 Å². The fraction of sp³-hybridized carbons (Fsp3) is 1.00. The summed E-state index contributed by atoms with van der Waals surface area (Å²) in [5.41, 5.74) is 5.72. The Morgan fingerprint density at radius 1 is 1.25 bits per heavy atom. The van der Waals surface area contributed by atoms with Crippen molar-refractivity contribution in [1.82, 2.24) is 5.32 Å². The van der Waals surface area contributed by atoms with Crippen molar-refractivity contribution in [3.05, 3.63) is 0 Å². The molecule has 0 bridgehead atoms. The van der Waals surface area contributed by atoms with Crippen molar-refractivity contribution in [2.24, 2.45) is 17.6 Å². The van der Waals surface area contributed by atoms with E-state index < -0.39 is 0 Å². The number of hydrogen-bond donors (Lipinski definition) is 2.